The summed E-state index contributed by atoms with van der Waals surface area (Å²) in [6, 6.07) is 35.5. The van der Waals surface area contributed by atoms with Gasteiger partial charge in [-0.25, -0.2) is 14.4 Å². The first-order chi connectivity index (χ1) is 32.5. The van der Waals surface area contributed by atoms with Crippen molar-refractivity contribution in [3.05, 3.63) is 154 Å². The number of carbonyl (C=O) groups is 3. The van der Waals surface area contributed by atoms with Gasteiger partial charge >= 0.3 is 25.4 Å². The number of benzene rings is 4. The molecule has 0 radical (unpaired) electrons. The molecule has 1 saturated heterocycles. The van der Waals surface area contributed by atoms with Gasteiger partial charge in [0.2, 0.25) is 0 Å². The number of methoxy groups -OCH3 is 2. The number of hydrogen-bond donors (Lipinski definition) is 2. The number of nitrogens with zero attached hydrogens (tertiary/aromatic N) is 2. The summed E-state index contributed by atoms with van der Waals surface area (Å²) in [4.78, 5) is 57.3. The molecular weight excluding hydrogens is 912 g/mol. The fourth-order valence-electron chi connectivity index (χ4n) is 7.80. The van der Waals surface area contributed by atoms with E-state index in [9.17, 15) is 23.7 Å². The van der Waals surface area contributed by atoms with Crippen molar-refractivity contribution in [2.45, 2.75) is 84.1 Å². The van der Waals surface area contributed by atoms with Crippen LogP contribution in [-0.4, -0.2) is 77.6 Å². The van der Waals surface area contributed by atoms with Gasteiger partial charge < -0.3 is 29.0 Å². The van der Waals surface area contributed by atoms with Gasteiger partial charge in [0, 0.05) is 37.8 Å². The summed E-state index contributed by atoms with van der Waals surface area (Å²) < 4.78 is 56.6. The first-order valence-electron chi connectivity index (χ1n) is 22.1. The van der Waals surface area contributed by atoms with Gasteiger partial charge in [-0.2, -0.15) is 4.98 Å². The third-order valence-electron chi connectivity index (χ3n) is 11.7. The van der Waals surface area contributed by atoms with Crippen molar-refractivity contribution in [2.75, 3.05) is 38.5 Å². The molecule has 5 aromatic rings. The highest BCUT2D eigenvalue weighted by atomic mass is 32.2. The van der Waals surface area contributed by atoms with E-state index < -0.39 is 67.0 Å². The van der Waals surface area contributed by atoms with Crippen molar-refractivity contribution in [2.24, 2.45) is 5.41 Å². The summed E-state index contributed by atoms with van der Waals surface area (Å²) in [5.41, 5.74) is -1.16. The van der Waals surface area contributed by atoms with Gasteiger partial charge in [0.05, 0.1) is 27.4 Å². The average molecular weight is 971 g/mol. The van der Waals surface area contributed by atoms with Crippen LogP contribution in [0, 0.1) is 5.41 Å². The number of anilines is 1. The van der Waals surface area contributed by atoms with Crippen molar-refractivity contribution in [1.29, 1.82) is 0 Å². The van der Waals surface area contributed by atoms with Crippen LogP contribution < -0.4 is 25.6 Å². The molecule has 4 aromatic carbocycles. The number of carbonyl (C=O) groups excluding carboxylic acids is 3. The zero-order valence-corrected chi connectivity index (χ0v) is 41.2. The monoisotopic (exact) mass is 970 g/mol. The number of esters is 2. The van der Waals surface area contributed by atoms with E-state index in [4.69, 9.17) is 32.7 Å². The summed E-state index contributed by atoms with van der Waals surface area (Å²) >= 11 is 1.07. The molecule has 362 valence electrons. The lowest BCUT2D eigenvalue weighted by atomic mass is 9.77. The molecule has 6 rings (SSSR count). The summed E-state index contributed by atoms with van der Waals surface area (Å²) in [6.07, 6.45) is -2.02. The highest BCUT2D eigenvalue weighted by molar-refractivity contribution is 8.13. The van der Waals surface area contributed by atoms with Crippen molar-refractivity contribution in [1.82, 2.24) is 14.6 Å². The smallest absolute Gasteiger partial charge is 0.405 e. The second-order valence-electron chi connectivity index (χ2n) is 16.9. The van der Waals surface area contributed by atoms with Crippen LogP contribution in [-0.2, 0) is 54.3 Å². The van der Waals surface area contributed by atoms with Gasteiger partial charge in [-0.3, -0.25) is 28.0 Å². The predicted molar refractivity (Wildman–Crippen MR) is 258 cm³/mol. The van der Waals surface area contributed by atoms with E-state index >= 15 is 0 Å². The third kappa shape index (κ3) is 12.1. The fraction of sp³-hybridized carbons (Fsp3) is 0.380. The maximum absolute atomic E-state index is 14.5. The summed E-state index contributed by atoms with van der Waals surface area (Å²) in [6.45, 7) is 8.90. The van der Waals surface area contributed by atoms with Crippen molar-refractivity contribution in [3.8, 4) is 11.5 Å². The summed E-state index contributed by atoms with van der Waals surface area (Å²) in [7, 11) is -1.02. The minimum Gasteiger partial charge on any atom is -0.497 e. The molecule has 0 aliphatic carbocycles. The number of ether oxygens (including phenoxy) is 5. The second kappa shape index (κ2) is 22.5. The Kier molecular flexibility index (Phi) is 17.1. The van der Waals surface area contributed by atoms with E-state index in [0.29, 0.717) is 17.9 Å². The van der Waals surface area contributed by atoms with E-state index in [0.717, 1.165) is 38.6 Å². The largest absolute Gasteiger partial charge is 0.497 e. The van der Waals surface area contributed by atoms with E-state index in [2.05, 4.69) is 15.4 Å². The first kappa shape index (κ1) is 51.6. The number of aromatic nitrogens is 2. The predicted octanol–water partition coefficient (Wildman–Crippen LogP) is 8.44. The van der Waals surface area contributed by atoms with Gasteiger partial charge in [0.15, 0.2) is 23.0 Å². The topological polar surface area (TPSA) is 192 Å². The lowest BCUT2D eigenvalue weighted by Gasteiger charge is -2.37. The zero-order chi connectivity index (χ0) is 49.1. The Bertz CT molecular complexity index is 2550. The highest BCUT2D eigenvalue weighted by Gasteiger charge is 2.60. The molecule has 16 nitrogen and oxygen atoms in total. The van der Waals surface area contributed by atoms with Crippen LogP contribution in [0.3, 0.4) is 0 Å². The van der Waals surface area contributed by atoms with Crippen LogP contribution in [0.15, 0.2) is 126 Å². The van der Waals surface area contributed by atoms with E-state index in [1.165, 1.54) is 27.0 Å². The Balaban J connectivity index is 1.34. The fourth-order valence-corrected chi connectivity index (χ4v) is 10.1. The lowest BCUT2D eigenvalue weighted by Crippen LogP contribution is -2.51. The molecule has 1 aliphatic heterocycles. The Morgan fingerprint density at radius 1 is 0.824 bits per heavy atom. The van der Waals surface area contributed by atoms with E-state index in [1.807, 2.05) is 130 Å². The normalized spacial score (nSPS) is 19.1. The lowest BCUT2D eigenvalue weighted by molar-refractivity contribution is -0.185. The maximum Gasteiger partial charge on any atom is 0.405 e. The number of hydrogen-bond acceptors (Lipinski definition) is 15. The van der Waals surface area contributed by atoms with Gasteiger partial charge in [0.1, 0.15) is 29.0 Å². The molecule has 1 fully saturated rings. The van der Waals surface area contributed by atoms with Crippen LogP contribution in [0.25, 0.3) is 0 Å². The van der Waals surface area contributed by atoms with Crippen LogP contribution in [0.5, 0.6) is 11.5 Å². The molecule has 1 aromatic heterocycles. The molecule has 0 spiro atoms. The Labute approximate surface area is 401 Å². The van der Waals surface area contributed by atoms with E-state index in [-0.39, 0.29) is 29.8 Å². The number of nitrogens with one attached hydrogen (secondary N) is 2. The molecule has 0 saturated carbocycles. The van der Waals surface area contributed by atoms with Gasteiger partial charge in [-0.05, 0) is 65.9 Å². The highest BCUT2D eigenvalue weighted by Crippen LogP contribution is 2.48. The molecule has 2 N–H and O–H groups in total. The van der Waals surface area contributed by atoms with Crippen LogP contribution in [0.2, 0.25) is 0 Å². The van der Waals surface area contributed by atoms with Crippen molar-refractivity contribution >= 4 is 42.4 Å². The van der Waals surface area contributed by atoms with Crippen LogP contribution in [0.1, 0.15) is 76.4 Å². The van der Waals surface area contributed by atoms with Gasteiger partial charge in [-0.15, -0.1) is 0 Å². The average Bonchev–Trinajstić information content (AvgIpc) is 3.59. The van der Waals surface area contributed by atoms with E-state index in [1.54, 1.807) is 20.3 Å². The zero-order valence-electron chi connectivity index (χ0n) is 39.5. The summed E-state index contributed by atoms with van der Waals surface area (Å²) in [5, 5.41) is 6.42. The number of rotatable bonds is 22. The van der Waals surface area contributed by atoms with Crippen LogP contribution >= 0.6 is 19.5 Å². The summed E-state index contributed by atoms with van der Waals surface area (Å²) in [5.74, 6) is 0.145. The maximum atomic E-state index is 14.5. The van der Waals surface area contributed by atoms with Crippen molar-refractivity contribution < 1.29 is 51.7 Å². The number of thioether (sulfide) groups is 1. The third-order valence-corrected chi connectivity index (χ3v) is 14.5. The molecule has 0 bridgehead atoms. The molecule has 2 unspecified atom stereocenters. The Hall–Kier alpha value is -5.81. The molecule has 68 heavy (non-hydrogen) atoms. The SMILES string of the molecule is CCC(C)(C)C(=O)SCCOP(=O)(NCc1ccccc1)OC[C@H]1O[C@@H](n2ccc(NC(c3ccccc3)(c3ccc(OC)cc3)c3ccc(OC)cc3)nc2=O)[C@@](C)(OC(C)=O)C1OC(C)=O. The molecule has 0 amide bonds. The second-order valence-corrected chi connectivity index (χ2v) is 19.8. The molecule has 1 aliphatic rings. The first-order valence-corrected chi connectivity index (χ1v) is 24.6. The molecule has 2 heterocycles. The Morgan fingerprint density at radius 2 is 1.40 bits per heavy atom. The quantitative estimate of drug-likeness (QED) is 0.0290. The minimum atomic E-state index is -4.19. The van der Waals surface area contributed by atoms with Gasteiger partial charge in [0.25, 0.3) is 0 Å². The molecular formula is C50H59N4O12PS. The van der Waals surface area contributed by atoms with Crippen molar-refractivity contribution in [3.63, 3.8) is 0 Å². The standard InChI is InChI=1S/C50H59N4O12PS/c1-9-48(4,5)46(57)68-31-30-62-67(59,51-32-36-16-12-10-13-17-36)63-33-42-44(64-34(2)55)49(6,66-35(3)56)45(65-42)54-29-28-43(52-47(54)58)53-50(37-18-14-11-15-19-37,38-20-24-40(60-7)25-21-38)39-22-26-41(61-8)27-23-39/h10-29,42,44-45H,9,30-33H2,1-8H3,(H,51,59)(H,52,53,58)/t42-,44?,45-,49+,67?/m1/s1. The molecule has 18 heteroatoms. The molecule has 5 atom stereocenters. The minimum absolute atomic E-state index is 0.0329. The Morgan fingerprint density at radius 3 is 1.93 bits per heavy atom. The van der Waals surface area contributed by atoms with Gasteiger partial charge in [-0.1, -0.05) is 117 Å². The van der Waals surface area contributed by atoms with Crippen LogP contribution in [0.4, 0.5) is 5.82 Å².